The minimum atomic E-state index is 0.525. The summed E-state index contributed by atoms with van der Waals surface area (Å²) in [5, 5.41) is 7.38. The fourth-order valence-corrected chi connectivity index (χ4v) is 2.46. The van der Waals surface area contributed by atoms with Crippen molar-refractivity contribution in [2.45, 2.75) is 13.3 Å². The SMILES string of the molecule is CCc1ccccc1NC(=S)Nc1ccc(OC)c(Cl)c1. The number of hydrogen-bond acceptors (Lipinski definition) is 2. The van der Waals surface area contributed by atoms with Gasteiger partial charge in [0.1, 0.15) is 5.75 Å². The average molecular weight is 321 g/mol. The quantitative estimate of drug-likeness (QED) is 0.799. The van der Waals surface area contributed by atoms with E-state index >= 15 is 0 Å². The molecule has 0 aliphatic heterocycles. The first-order valence-electron chi connectivity index (χ1n) is 6.63. The summed E-state index contributed by atoms with van der Waals surface area (Å²) in [4.78, 5) is 0. The molecule has 0 amide bonds. The number of halogens is 1. The van der Waals surface area contributed by atoms with Gasteiger partial charge in [0.2, 0.25) is 0 Å². The predicted molar refractivity (Wildman–Crippen MR) is 93.7 cm³/mol. The normalized spacial score (nSPS) is 10.0. The minimum Gasteiger partial charge on any atom is -0.495 e. The minimum absolute atomic E-state index is 0.525. The zero-order chi connectivity index (χ0) is 15.2. The topological polar surface area (TPSA) is 33.3 Å². The van der Waals surface area contributed by atoms with Crippen molar-refractivity contribution >= 4 is 40.3 Å². The Labute approximate surface area is 135 Å². The summed E-state index contributed by atoms with van der Waals surface area (Å²) < 4.78 is 5.12. The number of aryl methyl sites for hydroxylation is 1. The van der Waals surface area contributed by atoms with Crippen molar-refractivity contribution < 1.29 is 4.74 Å². The molecule has 2 aromatic carbocycles. The Hall–Kier alpha value is -1.78. The number of methoxy groups -OCH3 is 1. The highest BCUT2D eigenvalue weighted by Gasteiger charge is 2.05. The molecule has 0 aromatic heterocycles. The predicted octanol–water partition coefficient (Wildman–Crippen LogP) is 4.72. The number of anilines is 2. The highest BCUT2D eigenvalue weighted by atomic mass is 35.5. The van der Waals surface area contributed by atoms with Gasteiger partial charge in [-0.1, -0.05) is 36.7 Å². The van der Waals surface area contributed by atoms with Crippen LogP contribution >= 0.6 is 23.8 Å². The lowest BCUT2D eigenvalue weighted by molar-refractivity contribution is 0.415. The fourth-order valence-electron chi connectivity index (χ4n) is 1.98. The van der Waals surface area contributed by atoms with Crippen LogP contribution in [-0.2, 0) is 6.42 Å². The molecular formula is C16H17ClN2OS. The molecule has 21 heavy (non-hydrogen) atoms. The Kier molecular flexibility index (Phi) is 5.42. The molecule has 0 aliphatic carbocycles. The molecule has 2 rings (SSSR count). The lowest BCUT2D eigenvalue weighted by atomic mass is 10.1. The Morgan fingerprint density at radius 3 is 2.62 bits per heavy atom. The van der Waals surface area contributed by atoms with Crippen LogP contribution in [0.3, 0.4) is 0 Å². The smallest absolute Gasteiger partial charge is 0.175 e. The molecule has 0 unspecified atom stereocenters. The zero-order valence-corrected chi connectivity index (χ0v) is 13.5. The van der Waals surface area contributed by atoms with Gasteiger partial charge in [-0.3, -0.25) is 0 Å². The highest BCUT2D eigenvalue weighted by Crippen LogP contribution is 2.27. The van der Waals surface area contributed by atoms with Crippen molar-refractivity contribution in [2.24, 2.45) is 0 Å². The largest absolute Gasteiger partial charge is 0.495 e. The summed E-state index contributed by atoms with van der Waals surface area (Å²) in [7, 11) is 1.59. The number of rotatable bonds is 4. The van der Waals surface area contributed by atoms with Crippen molar-refractivity contribution in [3.05, 3.63) is 53.1 Å². The Bertz CT molecular complexity index is 646. The molecule has 110 valence electrons. The van der Waals surface area contributed by atoms with Crippen molar-refractivity contribution in [2.75, 3.05) is 17.7 Å². The number of thiocarbonyl (C=S) groups is 1. The van der Waals surface area contributed by atoms with Crippen molar-refractivity contribution in [1.29, 1.82) is 0 Å². The molecule has 0 aliphatic rings. The monoisotopic (exact) mass is 320 g/mol. The summed E-state index contributed by atoms with van der Waals surface area (Å²) >= 11 is 11.4. The van der Waals surface area contributed by atoms with E-state index in [1.54, 1.807) is 19.2 Å². The summed E-state index contributed by atoms with van der Waals surface area (Å²) in [6, 6.07) is 13.5. The van der Waals surface area contributed by atoms with Gasteiger partial charge in [-0.25, -0.2) is 0 Å². The van der Waals surface area contributed by atoms with Gasteiger partial charge < -0.3 is 15.4 Å². The van der Waals surface area contributed by atoms with Crippen molar-refractivity contribution in [1.82, 2.24) is 0 Å². The van der Waals surface area contributed by atoms with Gasteiger partial charge >= 0.3 is 0 Å². The van der Waals surface area contributed by atoms with Gasteiger partial charge in [-0.15, -0.1) is 0 Å². The Morgan fingerprint density at radius 1 is 1.19 bits per heavy atom. The van der Waals surface area contributed by atoms with Gasteiger partial charge in [0, 0.05) is 11.4 Å². The number of benzene rings is 2. The van der Waals surface area contributed by atoms with Crippen LogP contribution in [0.4, 0.5) is 11.4 Å². The van der Waals surface area contributed by atoms with E-state index in [1.807, 2.05) is 24.3 Å². The van der Waals surface area contributed by atoms with E-state index in [4.69, 9.17) is 28.6 Å². The second kappa shape index (κ2) is 7.29. The average Bonchev–Trinajstić information content (AvgIpc) is 2.48. The number of hydrogen-bond donors (Lipinski definition) is 2. The van der Waals surface area contributed by atoms with E-state index in [1.165, 1.54) is 5.56 Å². The van der Waals surface area contributed by atoms with E-state index in [0.29, 0.717) is 15.9 Å². The third-order valence-corrected chi connectivity index (χ3v) is 3.56. The van der Waals surface area contributed by atoms with Crippen LogP contribution in [0.5, 0.6) is 5.75 Å². The first kappa shape index (κ1) is 15.6. The summed E-state index contributed by atoms with van der Waals surface area (Å²) in [6.45, 7) is 2.11. The summed E-state index contributed by atoms with van der Waals surface area (Å²) in [5.74, 6) is 0.637. The maximum atomic E-state index is 6.09. The second-order valence-electron chi connectivity index (χ2n) is 4.44. The third-order valence-electron chi connectivity index (χ3n) is 3.06. The molecule has 0 saturated carbocycles. The molecule has 0 bridgehead atoms. The van der Waals surface area contributed by atoms with Gasteiger partial charge in [0.05, 0.1) is 12.1 Å². The van der Waals surface area contributed by atoms with Crippen molar-refractivity contribution in [3.63, 3.8) is 0 Å². The van der Waals surface area contributed by atoms with Crippen LogP contribution in [-0.4, -0.2) is 12.2 Å². The number of para-hydroxylation sites is 1. The summed E-state index contributed by atoms with van der Waals surface area (Å²) in [5.41, 5.74) is 3.04. The van der Waals surface area contributed by atoms with Gasteiger partial charge in [0.15, 0.2) is 5.11 Å². The lowest BCUT2D eigenvalue weighted by Crippen LogP contribution is -2.19. The molecular weight excluding hydrogens is 304 g/mol. The molecule has 0 spiro atoms. The van der Waals surface area contributed by atoms with Crippen LogP contribution in [0.1, 0.15) is 12.5 Å². The van der Waals surface area contributed by atoms with Gasteiger partial charge in [-0.05, 0) is 48.5 Å². The van der Waals surface area contributed by atoms with Crippen LogP contribution in [0, 0.1) is 0 Å². The van der Waals surface area contributed by atoms with Crippen LogP contribution < -0.4 is 15.4 Å². The number of nitrogens with one attached hydrogen (secondary N) is 2. The molecule has 0 heterocycles. The van der Waals surface area contributed by atoms with Crippen molar-refractivity contribution in [3.8, 4) is 5.75 Å². The Morgan fingerprint density at radius 2 is 1.95 bits per heavy atom. The van der Waals surface area contributed by atoms with Crippen LogP contribution in [0.15, 0.2) is 42.5 Å². The molecule has 2 N–H and O–H groups in total. The highest BCUT2D eigenvalue weighted by molar-refractivity contribution is 7.80. The van der Waals surface area contributed by atoms with E-state index in [-0.39, 0.29) is 0 Å². The van der Waals surface area contributed by atoms with Gasteiger partial charge in [0.25, 0.3) is 0 Å². The molecule has 3 nitrogen and oxygen atoms in total. The molecule has 0 saturated heterocycles. The van der Waals surface area contributed by atoms with Gasteiger partial charge in [-0.2, -0.15) is 0 Å². The second-order valence-corrected chi connectivity index (χ2v) is 5.25. The van der Waals surface area contributed by atoms with E-state index in [9.17, 15) is 0 Å². The molecule has 2 aromatic rings. The first-order valence-corrected chi connectivity index (χ1v) is 7.42. The molecule has 0 radical (unpaired) electrons. The number of ether oxygens (including phenoxy) is 1. The standard InChI is InChI=1S/C16H17ClN2OS/c1-3-11-6-4-5-7-14(11)19-16(21)18-12-8-9-15(20-2)13(17)10-12/h4-10H,3H2,1-2H3,(H2,18,19,21). The van der Waals surface area contributed by atoms with E-state index in [0.717, 1.165) is 17.8 Å². The lowest BCUT2D eigenvalue weighted by Gasteiger charge is -2.14. The molecule has 5 heteroatoms. The molecule has 0 fully saturated rings. The zero-order valence-electron chi connectivity index (χ0n) is 11.9. The third kappa shape index (κ3) is 4.09. The van der Waals surface area contributed by atoms with E-state index in [2.05, 4.69) is 23.6 Å². The van der Waals surface area contributed by atoms with Crippen LogP contribution in [0.25, 0.3) is 0 Å². The molecule has 0 atom stereocenters. The Balaban J connectivity index is 2.06. The maximum Gasteiger partial charge on any atom is 0.175 e. The maximum absolute atomic E-state index is 6.09. The fraction of sp³-hybridized carbons (Fsp3) is 0.188. The summed E-state index contributed by atoms with van der Waals surface area (Å²) in [6.07, 6.45) is 0.945. The van der Waals surface area contributed by atoms with E-state index < -0.39 is 0 Å². The first-order chi connectivity index (χ1) is 10.1. The van der Waals surface area contributed by atoms with Crippen LogP contribution in [0.2, 0.25) is 5.02 Å².